The van der Waals surface area contributed by atoms with Crippen LogP contribution in [0.4, 0.5) is 0 Å². The molecule has 0 aliphatic carbocycles. The van der Waals surface area contributed by atoms with Gasteiger partial charge in [-0.05, 0) is 25.1 Å². The van der Waals surface area contributed by atoms with Crippen LogP contribution < -0.4 is 0 Å². The Kier molecular flexibility index (Phi) is 6.39. The Balaban J connectivity index is 3.92. The fraction of sp³-hybridized carbons (Fsp3) is 0.800. The second-order valence-corrected chi connectivity index (χ2v) is 7.90. The Morgan fingerprint density at radius 2 is 1.58 bits per heavy atom. The molecule has 0 saturated heterocycles. The van der Waals surface area contributed by atoms with Gasteiger partial charge in [-0.3, -0.25) is 0 Å². The van der Waals surface area contributed by atoms with Gasteiger partial charge in [0.2, 0.25) is 0 Å². The smallest absolute Gasteiger partial charge is 0.192 e. The lowest BCUT2D eigenvalue weighted by Gasteiger charge is -2.27. The van der Waals surface area contributed by atoms with Gasteiger partial charge in [-0.1, -0.05) is 32.9 Å². The summed E-state index contributed by atoms with van der Waals surface area (Å²) in [6.45, 7) is 9.63. The van der Waals surface area contributed by atoms with E-state index in [4.69, 9.17) is 4.43 Å². The predicted octanol–water partition coefficient (Wildman–Crippen LogP) is 3.58. The molecule has 0 spiro atoms. The van der Waals surface area contributed by atoms with Gasteiger partial charge >= 0.3 is 0 Å². The molecule has 0 heterocycles. The topological polar surface area (TPSA) is 9.23 Å². The zero-order valence-corrected chi connectivity index (χ0v) is 9.89. The summed E-state index contributed by atoms with van der Waals surface area (Å²) in [7, 11) is -1.31. The largest absolute Gasteiger partial charge is 0.413 e. The van der Waals surface area contributed by atoms with Crippen molar-refractivity contribution in [3.8, 4) is 0 Å². The normalized spacial score (nSPS) is 12.7. The van der Waals surface area contributed by atoms with Crippen LogP contribution in [0.1, 0.15) is 27.7 Å². The van der Waals surface area contributed by atoms with E-state index in [1.165, 1.54) is 18.1 Å². The van der Waals surface area contributed by atoms with Crippen molar-refractivity contribution in [2.45, 2.75) is 45.8 Å². The van der Waals surface area contributed by atoms with Crippen molar-refractivity contribution in [2.24, 2.45) is 0 Å². The third kappa shape index (κ3) is 3.54. The molecule has 0 saturated carbocycles. The van der Waals surface area contributed by atoms with Crippen LogP contribution in [0.3, 0.4) is 0 Å². The molecule has 2 heteroatoms. The van der Waals surface area contributed by atoms with Gasteiger partial charge in [0.15, 0.2) is 8.32 Å². The van der Waals surface area contributed by atoms with Crippen molar-refractivity contribution in [2.75, 3.05) is 6.61 Å². The number of hydrogen-bond acceptors (Lipinski definition) is 1. The van der Waals surface area contributed by atoms with E-state index in [9.17, 15) is 0 Å². The zero-order valence-electron chi connectivity index (χ0n) is 8.89. The van der Waals surface area contributed by atoms with E-state index in [1.54, 1.807) is 0 Å². The van der Waals surface area contributed by atoms with Crippen LogP contribution in [0.15, 0.2) is 12.2 Å². The van der Waals surface area contributed by atoms with E-state index in [0.29, 0.717) is 0 Å². The molecule has 0 bridgehead atoms. The Labute approximate surface area is 78.0 Å². The molecule has 72 valence electrons. The highest BCUT2D eigenvalue weighted by Gasteiger charge is 2.27. The van der Waals surface area contributed by atoms with Gasteiger partial charge in [-0.2, -0.15) is 0 Å². The number of hydrogen-bond donors (Lipinski definition) is 0. The standard InChI is InChI=1S/C10H22OSi/c1-5-9-10-11-12(6-2,7-3)8-4/h5,9H,6-8,10H2,1-4H3. The predicted molar refractivity (Wildman–Crippen MR) is 58.0 cm³/mol. The van der Waals surface area contributed by atoms with Crippen molar-refractivity contribution in [3.63, 3.8) is 0 Å². The summed E-state index contributed by atoms with van der Waals surface area (Å²) in [4.78, 5) is 0. The molecule has 0 radical (unpaired) electrons. The first-order chi connectivity index (χ1) is 5.74. The third-order valence-electron chi connectivity index (χ3n) is 2.65. The van der Waals surface area contributed by atoms with E-state index in [0.717, 1.165) is 6.61 Å². The molecular weight excluding hydrogens is 164 g/mol. The van der Waals surface area contributed by atoms with Gasteiger partial charge < -0.3 is 4.43 Å². The summed E-state index contributed by atoms with van der Waals surface area (Å²) in [5, 5.41) is 0. The van der Waals surface area contributed by atoms with Crippen LogP contribution in [-0.2, 0) is 4.43 Å². The zero-order chi connectivity index (χ0) is 9.45. The van der Waals surface area contributed by atoms with Crippen LogP contribution in [0.5, 0.6) is 0 Å². The minimum Gasteiger partial charge on any atom is -0.413 e. The van der Waals surface area contributed by atoms with E-state index in [2.05, 4.69) is 32.9 Å². The van der Waals surface area contributed by atoms with Gasteiger partial charge in [-0.25, -0.2) is 0 Å². The van der Waals surface area contributed by atoms with Crippen molar-refractivity contribution < 1.29 is 4.43 Å². The molecule has 0 amide bonds. The highest BCUT2D eigenvalue weighted by atomic mass is 28.4. The lowest BCUT2D eigenvalue weighted by Crippen LogP contribution is -2.35. The molecular formula is C10H22OSi. The van der Waals surface area contributed by atoms with Crippen LogP contribution in [0.25, 0.3) is 0 Å². The Morgan fingerprint density at radius 3 is 1.92 bits per heavy atom. The molecule has 0 unspecified atom stereocenters. The molecule has 0 aromatic heterocycles. The average molecular weight is 186 g/mol. The van der Waals surface area contributed by atoms with Crippen LogP contribution >= 0.6 is 0 Å². The fourth-order valence-electron chi connectivity index (χ4n) is 1.38. The van der Waals surface area contributed by atoms with E-state index >= 15 is 0 Å². The van der Waals surface area contributed by atoms with E-state index in [-0.39, 0.29) is 0 Å². The maximum absolute atomic E-state index is 5.97. The Hall–Kier alpha value is -0.0831. The quantitative estimate of drug-likeness (QED) is 0.455. The summed E-state index contributed by atoms with van der Waals surface area (Å²) in [5.41, 5.74) is 0. The lowest BCUT2D eigenvalue weighted by molar-refractivity contribution is 0.342. The van der Waals surface area contributed by atoms with Crippen molar-refractivity contribution in [1.82, 2.24) is 0 Å². The molecule has 1 nitrogen and oxygen atoms in total. The summed E-state index contributed by atoms with van der Waals surface area (Å²) in [5.74, 6) is 0. The summed E-state index contributed by atoms with van der Waals surface area (Å²) in [6.07, 6.45) is 4.16. The monoisotopic (exact) mass is 186 g/mol. The maximum atomic E-state index is 5.97. The second kappa shape index (κ2) is 6.43. The molecule has 12 heavy (non-hydrogen) atoms. The van der Waals surface area contributed by atoms with Gasteiger partial charge in [-0.15, -0.1) is 0 Å². The average Bonchev–Trinajstić information content (AvgIpc) is 2.14. The lowest BCUT2D eigenvalue weighted by atomic mass is 10.6. The first-order valence-electron chi connectivity index (χ1n) is 4.99. The molecule has 0 N–H and O–H groups in total. The molecule has 0 aliphatic heterocycles. The summed E-state index contributed by atoms with van der Waals surface area (Å²) in [6, 6.07) is 3.74. The van der Waals surface area contributed by atoms with Crippen molar-refractivity contribution >= 4 is 8.32 Å². The van der Waals surface area contributed by atoms with Gasteiger partial charge in [0.1, 0.15) is 0 Å². The van der Waals surface area contributed by atoms with Crippen LogP contribution in [-0.4, -0.2) is 14.9 Å². The molecule has 0 rings (SSSR count). The Bertz CT molecular complexity index is 120. The second-order valence-electron chi connectivity index (χ2n) is 3.12. The van der Waals surface area contributed by atoms with Crippen LogP contribution in [0.2, 0.25) is 18.1 Å². The maximum Gasteiger partial charge on any atom is 0.192 e. The minimum absolute atomic E-state index is 0.818. The minimum atomic E-state index is -1.31. The highest BCUT2D eigenvalue weighted by molar-refractivity contribution is 6.73. The molecule has 0 fully saturated rings. The first kappa shape index (κ1) is 11.9. The van der Waals surface area contributed by atoms with Crippen LogP contribution in [0, 0.1) is 0 Å². The van der Waals surface area contributed by atoms with Gasteiger partial charge in [0, 0.05) is 0 Å². The molecule has 0 atom stereocenters. The SMILES string of the molecule is CC=CCO[Si](CC)(CC)CC. The highest BCUT2D eigenvalue weighted by Crippen LogP contribution is 2.21. The van der Waals surface area contributed by atoms with Crippen molar-refractivity contribution in [1.29, 1.82) is 0 Å². The molecule has 0 aromatic carbocycles. The summed E-state index contributed by atoms with van der Waals surface area (Å²) < 4.78 is 5.97. The number of allylic oxidation sites excluding steroid dienone is 1. The Morgan fingerprint density at radius 1 is 1.08 bits per heavy atom. The number of rotatable bonds is 6. The third-order valence-corrected chi connectivity index (χ3v) is 7.30. The molecule has 0 aromatic rings. The molecule has 0 aliphatic rings. The van der Waals surface area contributed by atoms with E-state index < -0.39 is 8.32 Å². The van der Waals surface area contributed by atoms with E-state index in [1.807, 2.05) is 6.92 Å². The fourth-order valence-corrected chi connectivity index (χ4v) is 3.94. The van der Waals surface area contributed by atoms with Crippen molar-refractivity contribution in [3.05, 3.63) is 12.2 Å². The van der Waals surface area contributed by atoms with Gasteiger partial charge in [0.05, 0.1) is 6.61 Å². The summed E-state index contributed by atoms with van der Waals surface area (Å²) >= 11 is 0. The van der Waals surface area contributed by atoms with Gasteiger partial charge in [0.25, 0.3) is 0 Å². The first-order valence-corrected chi connectivity index (χ1v) is 7.52.